The van der Waals surface area contributed by atoms with Crippen LogP contribution in [0, 0.1) is 0 Å². The fourth-order valence-corrected chi connectivity index (χ4v) is 3.34. The van der Waals surface area contributed by atoms with E-state index in [9.17, 15) is 4.79 Å². The van der Waals surface area contributed by atoms with Crippen LogP contribution in [0.5, 0.6) is 5.75 Å². The molecule has 0 bridgehead atoms. The predicted octanol–water partition coefficient (Wildman–Crippen LogP) is 4.89. The maximum atomic E-state index is 13.1. The van der Waals surface area contributed by atoms with Crippen LogP contribution < -0.4 is 15.8 Å². The summed E-state index contributed by atoms with van der Waals surface area (Å²) in [5.74, 6) is 1.78. The van der Waals surface area contributed by atoms with E-state index in [1.807, 2.05) is 73.1 Å². The summed E-state index contributed by atoms with van der Waals surface area (Å²) in [5.41, 5.74) is 8.38. The summed E-state index contributed by atoms with van der Waals surface area (Å²) in [6.07, 6.45) is 5.98. The van der Waals surface area contributed by atoms with Gasteiger partial charge in [-0.25, -0.2) is 4.99 Å². The zero-order chi connectivity index (χ0) is 22.4. The maximum Gasteiger partial charge on any atom is 0.252 e. The molecule has 1 aromatic heterocycles. The third kappa shape index (κ3) is 4.86. The smallest absolute Gasteiger partial charge is 0.252 e. The third-order valence-corrected chi connectivity index (χ3v) is 5.05. The van der Waals surface area contributed by atoms with Crippen LogP contribution in [-0.2, 0) is 0 Å². The lowest BCUT2D eigenvalue weighted by molar-refractivity contribution is 0.0941. The summed E-state index contributed by atoms with van der Waals surface area (Å²) in [6.45, 7) is 7.67. The van der Waals surface area contributed by atoms with E-state index < -0.39 is 0 Å². The van der Waals surface area contributed by atoms with Crippen LogP contribution in [0.25, 0.3) is 16.7 Å². The topological polar surface area (TPSA) is 81.6 Å². The highest BCUT2D eigenvalue weighted by Crippen LogP contribution is 2.25. The molecule has 1 atom stereocenters. The van der Waals surface area contributed by atoms with Crippen LogP contribution in [0.2, 0.25) is 0 Å². The Morgan fingerprint density at radius 2 is 2.06 bits per heavy atom. The summed E-state index contributed by atoms with van der Waals surface area (Å²) in [5, 5.41) is 3.91. The molecule has 0 aliphatic rings. The summed E-state index contributed by atoms with van der Waals surface area (Å²) >= 11 is 0. The fourth-order valence-electron chi connectivity index (χ4n) is 3.34. The number of hydrogen-bond acceptors (Lipinski definition) is 3. The van der Waals surface area contributed by atoms with Crippen molar-refractivity contribution in [2.75, 3.05) is 7.11 Å². The highest BCUT2D eigenvalue weighted by Gasteiger charge is 2.16. The van der Waals surface area contributed by atoms with E-state index in [1.165, 1.54) is 0 Å². The molecular weight excluding hydrogens is 388 g/mol. The minimum atomic E-state index is -0.176. The van der Waals surface area contributed by atoms with Gasteiger partial charge in [0.1, 0.15) is 17.4 Å². The fraction of sp³-hybridized carbons (Fsp3) is 0.200. The molecule has 0 aliphatic carbocycles. The Balaban J connectivity index is 1.94. The van der Waals surface area contributed by atoms with Crippen LogP contribution in [-0.4, -0.2) is 23.4 Å². The van der Waals surface area contributed by atoms with Crippen molar-refractivity contribution in [1.82, 2.24) is 9.88 Å². The molecule has 0 saturated heterocycles. The normalized spacial score (nSPS) is 13.1. The Kier molecular flexibility index (Phi) is 6.92. The van der Waals surface area contributed by atoms with Crippen LogP contribution in [0.4, 0.5) is 0 Å². The summed E-state index contributed by atoms with van der Waals surface area (Å²) in [4.78, 5) is 17.6. The summed E-state index contributed by atoms with van der Waals surface area (Å²) in [6, 6.07) is 15.0. The lowest BCUT2D eigenvalue weighted by Gasteiger charge is -2.16. The van der Waals surface area contributed by atoms with Crippen molar-refractivity contribution in [3.05, 3.63) is 84.6 Å². The van der Waals surface area contributed by atoms with Gasteiger partial charge in [0.2, 0.25) is 0 Å². The lowest BCUT2D eigenvalue weighted by Crippen LogP contribution is -2.26. The largest absolute Gasteiger partial charge is 0.497 e. The number of aliphatic imine (C=N–C) groups is 1. The Hall–Kier alpha value is -3.80. The van der Waals surface area contributed by atoms with Crippen molar-refractivity contribution in [3.8, 4) is 5.75 Å². The van der Waals surface area contributed by atoms with Crippen LogP contribution in [0.15, 0.2) is 78.5 Å². The number of carbonyl (C=O) groups is 1. The summed E-state index contributed by atoms with van der Waals surface area (Å²) < 4.78 is 7.19. The van der Waals surface area contributed by atoms with Gasteiger partial charge < -0.3 is 20.4 Å². The number of methoxy groups -OCH3 is 1. The van der Waals surface area contributed by atoms with Crippen molar-refractivity contribution in [2.24, 2.45) is 10.7 Å². The van der Waals surface area contributed by atoms with E-state index in [1.54, 1.807) is 19.3 Å². The maximum absolute atomic E-state index is 13.1. The molecule has 31 heavy (non-hydrogen) atoms. The highest BCUT2D eigenvalue weighted by atomic mass is 16.5. The first-order valence-electron chi connectivity index (χ1n) is 10.2. The van der Waals surface area contributed by atoms with Gasteiger partial charge in [-0.1, -0.05) is 37.8 Å². The monoisotopic (exact) mass is 416 g/mol. The SMILES string of the molecule is C=C/C=C(\N=C(N)CC)n1ccc2c(C(=O)NC(C)c3cccc(OC)c3)cccc21. The van der Waals surface area contributed by atoms with Gasteiger partial charge in [0.15, 0.2) is 0 Å². The molecular formula is C25H28N4O2. The van der Waals surface area contributed by atoms with E-state index >= 15 is 0 Å². The molecule has 160 valence electrons. The first kappa shape index (κ1) is 21.9. The number of nitrogens with one attached hydrogen (secondary N) is 1. The molecule has 0 fully saturated rings. The standard InChI is InChI=1S/C25H28N4O2/c1-5-9-24(28-23(26)6-2)29-15-14-20-21(12-8-13-22(20)29)25(30)27-17(3)18-10-7-11-19(16-18)31-4/h5,7-17H,1,6H2,2-4H3,(H2,26,28)(H,27,30)/b24-9+. The number of fused-ring (bicyclic) bond motifs is 1. The van der Waals surface area contributed by atoms with Crippen molar-refractivity contribution in [2.45, 2.75) is 26.3 Å². The number of hydrogen-bond donors (Lipinski definition) is 2. The molecule has 1 heterocycles. The molecule has 3 aromatic rings. The van der Waals surface area contributed by atoms with E-state index in [-0.39, 0.29) is 11.9 Å². The number of amides is 1. The van der Waals surface area contributed by atoms with Crippen molar-refractivity contribution in [3.63, 3.8) is 0 Å². The zero-order valence-corrected chi connectivity index (χ0v) is 18.1. The number of allylic oxidation sites excluding steroid dienone is 2. The summed E-state index contributed by atoms with van der Waals surface area (Å²) in [7, 11) is 1.63. The molecule has 0 aliphatic heterocycles. The first-order chi connectivity index (χ1) is 15.0. The number of carbonyl (C=O) groups excluding carboxylic acids is 1. The van der Waals surface area contributed by atoms with Gasteiger partial charge >= 0.3 is 0 Å². The molecule has 6 heteroatoms. The van der Waals surface area contributed by atoms with Crippen molar-refractivity contribution >= 4 is 28.5 Å². The average molecular weight is 417 g/mol. The minimum Gasteiger partial charge on any atom is -0.497 e. The van der Waals surface area contributed by atoms with E-state index in [2.05, 4.69) is 16.9 Å². The van der Waals surface area contributed by atoms with E-state index in [0.29, 0.717) is 23.6 Å². The number of amidine groups is 1. The first-order valence-corrected chi connectivity index (χ1v) is 10.2. The Morgan fingerprint density at radius 3 is 2.77 bits per heavy atom. The molecule has 3 N–H and O–H groups in total. The molecule has 0 radical (unpaired) electrons. The van der Waals surface area contributed by atoms with Gasteiger partial charge in [-0.05, 0) is 48.9 Å². The molecule has 6 nitrogen and oxygen atoms in total. The molecule has 3 rings (SSSR count). The van der Waals surface area contributed by atoms with Crippen molar-refractivity contribution in [1.29, 1.82) is 0 Å². The Labute approximate surface area is 182 Å². The number of rotatable bonds is 8. The second-order valence-electron chi connectivity index (χ2n) is 7.11. The second kappa shape index (κ2) is 9.80. The van der Waals surface area contributed by atoms with Gasteiger partial charge in [-0.3, -0.25) is 4.79 Å². The number of aromatic nitrogens is 1. The van der Waals surface area contributed by atoms with Gasteiger partial charge in [0, 0.05) is 23.6 Å². The van der Waals surface area contributed by atoms with Gasteiger partial charge in [-0.2, -0.15) is 0 Å². The molecule has 1 amide bonds. The Bertz CT molecular complexity index is 1160. The molecule has 2 aromatic carbocycles. The zero-order valence-electron chi connectivity index (χ0n) is 18.1. The molecule has 1 unspecified atom stereocenters. The van der Waals surface area contributed by atoms with Crippen LogP contribution >= 0.6 is 0 Å². The van der Waals surface area contributed by atoms with E-state index in [0.717, 1.165) is 22.2 Å². The van der Waals surface area contributed by atoms with Gasteiger partial charge in [0.25, 0.3) is 5.91 Å². The third-order valence-electron chi connectivity index (χ3n) is 5.05. The van der Waals surface area contributed by atoms with E-state index in [4.69, 9.17) is 10.5 Å². The number of nitrogens with zero attached hydrogens (tertiary/aromatic N) is 2. The quantitative estimate of drug-likeness (QED) is 0.312. The lowest BCUT2D eigenvalue weighted by atomic mass is 10.1. The number of benzene rings is 2. The van der Waals surface area contributed by atoms with Gasteiger partial charge in [-0.15, -0.1) is 0 Å². The van der Waals surface area contributed by atoms with Gasteiger partial charge in [0.05, 0.1) is 18.7 Å². The highest BCUT2D eigenvalue weighted by molar-refractivity contribution is 6.07. The minimum absolute atomic E-state index is 0.149. The predicted molar refractivity (Wildman–Crippen MR) is 127 cm³/mol. The van der Waals surface area contributed by atoms with Crippen molar-refractivity contribution < 1.29 is 9.53 Å². The average Bonchev–Trinajstić information content (AvgIpc) is 3.22. The number of ether oxygens (including phenoxy) is 1. The van der Waals surface area contributed by atoms with Crippen LogP contribution in [0.3, 0.4) is 0 Å². The van der Waals surface area contributed by atoms with Crippen LogP contribution in [0.1, 0.15) is 42.2 Å². The molecule has 0 spiro atoms. The number of nitrogens with two attached hydrogens (primary N) is 1. The molecule has 0 saturated carbocycles. The second-order valence-corrected chi connectivity index (χ2v) is 7.11. The Morgan fingerprint density at radius 1 is 1.29 bits per heavy atom.